The number of aryl methyl sites for hydroxylation is 1. The van der Waals surface area contributed by atoms with E-state index in [1.165, 1.54) is 0 Å². The second kappa shape index (κ2) is 5.95. The van der Waals surface area contributed by atoms with Gasteiger partial charge in [-0.05, 0) is 18.1 Å². The van der Waals surface area contributed by atoms with Crippen molar-refractivity contribution in [3.05, 3.63) is 42.5 Å². The summed E-state index contributed by atoms with van der Waals surface area (Å²) in [4.78, 5) is 13.3. The smallest absolute Gasteiger partial charge is 0.222 e. The Morgan fingerprint density at radius 3 is 2.81 bits per heavy atom. The fourth-order valence-corrected chi connectivity index (χ4v) is 1.49. The van der Waals surface area contributed by atoms with E-state index in [-0.39, 0.29) is 5.91 Å². The molecule has 86 valence electrons. The molecule has 0 aromatic heterocycles. The van der Waals surface area contributed by atoms with Crippen LogP contribution in [0.2, 0.25) is 0 Å². The van der Waals surface area contributed by atoms with Crippen LogP contribution in [0.1, 0.15) is 12.0 Å². The van der Waals surface area contributed by atoms with Crippen LogP contribution in [0.4, 0.5) is 5.69 Å². The third kappa shape index (κ3) is 3.42. The average Bonchev–Trinajstić information content (AvgIpc) is 2.28. The van der Waals surface area contributed by atoms with Crippen molar-refractivity contribution in [1.82, 2.24) is 4.90 Å². The van der Waals surface area contributed by atoms with Crippen molar-refractivity contribution in [2.45, 2.75) is 12.8 Å². The van der Waals surface area contributed by atoms with E-state index in [4.69, 9.17) is 5.73 Å². The molecule has 0 fully saturated rings. The summed E-state index contributed by atoms with van der Waals surface area (Å²) in [5, 5.41) is 0. The summed E-state index contributed by atoms with van der Waals surface area (Å²) in [5.74, 6) is 0.114. The van der Waals surface area contributed by atoms with E-state index in [2.05, 4.69) is 6.58 Å². The lowest BCUT2D eigenvalue weighted by molar-refractivity contribution is -0.129. The van der Waals surface area contributed by atoms with E-state index in [0.29, 0.717) is 19.4 Å². The maximum Gasteiger partial charge on any atom is 0.222 e. The van der Waals surface area contributed by atoms with Crippen LogP contribution in [0.25, 0.3) is 0 Å². The largest absolute Gasteiger partial charge is 0.399 e. The lowest BCUT2D eigenvalue weighted by atomic mass is 10.1. The van der Waals surface area contributed by atoms with Gasteiger partial charge in [0.15, 0.2) is 0 Å². The predicted octanol–water partition coefficient (Wildman–Crippen LogP) is 1.85. The average molecular weight is 218 g/mol. The highest BCUT2D eigenvalue weighted by molar-refractivity contribution is 5.76. The van der Waals surface area contributed by atoms with Gasteiger partial charge in [0.1, 0.15) is 0 Å². The number of likely N-dealkylation sites (N-methyl/N-ethyl adjacent to an activating group) is 1. The van der Waals surface area contributed by atoms with Gasteiger partial charge in [-0.3, -0.25) is 4.79 Å². The van der Waals surface area contributed by atoms with E-state index in [1.807, 2.05) is 24.3 Å². The van der Waals surface area contributed by atoms with Gasteiger partial charge < -0.3 is 10.6 Å². The van der Waals surface area contributed by atoms with Crippen molar-refractivity contribution >= 4 is 11.6 Å². The van der Waals surface area contributed by atoms with Crippen molar-refractivity contribution < 1.29 is 4.79 Å². The Labute approximate surface area is 96.6 Å². The third-order valence-electron chi connectivity index (χ3n) is 2.49. The molecule has 0 aliphatic carbocycles. The maximum atomic E-state index is 11.7. The highest BCUT2D eigenvalue weighted by Crippen LogP contribution is 2.13. The highest BCUT2D eigenvalue weighted by atomic mass is 16.2. The minimum Gasteiger partial charge on any atom is -0.399 e. The van der Waals surface area contributed by atoms with Gasteiger partial charge in [0, 0.05) is 25.7 Å². The lowest BCUT2D eigenvalue weighted by Gasteiger charge is -2.14. The van der Waals surface area contributed by atoms with Gasteiger partial charge >= 0.3 is 0 Å². The number of carbonyl (C=O) groups excluding carboxylic acids is 1. The molecule has 0 atom stereocenters. The first-order valence-corrected chi connectivity index (χ1v) is 5.33. The van der Waals surface area contributed by atoms with E-state index < -0.39 is 0 Å². The number of hydrogen-bond donors (Lipinski definition) is 1. The summed E-state index contributed by atoms with van der Waals surface area (Å²) in [6, 6.07) is 7.64. The molecule has 1 aromatic carbocycles. The minimum absolute atomic E-state index is 0.114. The van der Waals surface area contributed by atoms with Gasteiger partial charge in [0.2, 0.25) is 5.91 Å². The summed E-state index contributed by atoms with van der Waals surface area (Å²) >= 11 is 0. The molecule has 0 unspecified atom stereocenters. The summed E-state index contributed by atoms with van der Waals surface area (Å²) in [6.07, 6.45) is 2.89. The Morgan fingerprint density at radius 1 is 1.50 bits per heavy atom. The topological polar surface area (TPSA) is 46.3 Å². The number of amides is 1. The molecule has 0 heterocycles. The summed E-state index contributed by atoms with van der Waals surface area (Å²) in [5.41, 5.74) is 7.58. The predicted molar refractivity (Wildman–Crippen MR) is 67.0 cm³/mol. The number of carbonyl (C=O) groups is 1. The molecular formula is C13H18N2O. The Balaban J connectivity index is 2.49. The van der Waals surface area contributed by atoms with Gasteiger partial charge in [0.05, 0.1) is 0 Å². The molecule has 2 N–H and O–H groups in total. The van der Waals surface area contributed by atoms with Gasteiger partial charge in [-0.25, -0.2) is 0 Å². The van der Waals surface area contributed by atoms with Gasteiger partial charge in [0.25, 0.3) is 0 Å². The molecule has 3 nitrogen and oxygen atoms in total. The first-order valence-electron chi connectivity index (χ1n) is 5.33. The maximum absolute atomic E-state index is 11.7. The summed E-state index contributed by atoms with van der Waals surface area (Å²) in [6.45, 7) is 4.19. The van der Waals surface area contributed by atoms with Crippen LogP contribution in [0.3, 0.4) is 0 Å². The number of para-hydroxylation sites is 1. The minimum atomic E-state index is 0.114. The Kier molecular flexibility index (Phi) is 4.58. The molecule has 0 saturated carbocycles. The van der Waals surface area contributed by atoms with E-state index in [9.17, 15) is 4.79 Å². The first kappa shape index (κ1) is 12.3. The van der Waals surface area contributed by atoms with Crippen LogP contribution < -0.4 is 5.73 Å². The fourth-order valence-electron chi connectivity index (χ4n) is 1.49. The second-order valence-electron chi connectivity index (χ2n) is 3.76. The molecular weight excluding hydrogens is 200 g/mol. The molecule has 1 aromatic rings. The van der Waals surface area contributed by atoms with Gasteiger partial charge in [-0.2, -0.15) is 0 Å². The Morgan fingerprint density at radius 2 is 2.19 bits per heavy atom. The Hall–Kier alpha value is -1.77. The Bertz CT molecular complexity index is 374. The molecule has 16 heavy (non-hydrogen) atoms. The number of rotatable bonds is 5. The van der Waals surface area contributed by atoms with Crippen LogP contribution in [0.5, 0.6) is 0 Å². The van der Waals surface area contributed by atoms with Crippen LogP contribution in [0, 0.1) is 0 Å². The van der Waals surface area contributed by atoms with Crippen molar-refractivity contribution in [1.29, 1.82) is 0 Å². The number of nitrogens with zero attached hydrogens (tertiary/aromatic N) is 1. The van der Waals surface area contributed by atoms with Crippen molar-refractivity contribution in [2.24, 2.45) is 0 Å². The fraction of sp³-hybridized carbons (Fsp3) is 0.308. The molecule has 1 rings (SSSR count). The zero-order valence-electron chi connectivity index (χ0n) is 9.65. The zero-order valence-corrected chi connectivity index (χ0v) is 9.65. The van der Waals surface area contributed by atoms with Gasteiger partial charge in [-0.1, -0.05) is 24.3 Å². The lowest BCUT2D eigenvalue weighted by Crippen LogP contribution is -2.26. The normalized spacial score (nSPS) is 9.81. The molecule has 3 heteroatoms. The second-order valence-corrected chi connectivity index (χ2v) is 3.76. The number of hydrogen-bond acceptors (Lipinski definition) is 2. The monoisotopic (exact) mass is 218 g/mol. The van der Waals surface area contributed by atoms with Crippen molar-refractivity contribution in [2.75, 3.05) is 19.3 Å². The molecule has 0 aliphatic heterocycles. The summed E-state index contributed by atoms with van der Waals surface area (Å²) < 4.78 is 0. The number of benzene rings is 1. The van der Waals surface area contributed by atoms with Crippen LogP contribution >= 0.6 is 0 Å². The third-order valence-corrected chi connectivity index (χ3v) is 2.49. The van der Waals surface area contributed by atoms with Crippen molar-refractivity contribution in [3.8, 4) is 0 Å². The standard InChI is InChI=1S/C13H18N2O/c1-3-10-15(2)13(16)9-8-11-6-4-5-7-12(11)14/h3-7H,1,8-10,14H2,2H3. The quantitative estimate of drug-likeness (QED) is 0.605. The van der Waals surface area contributed by atoms with Crippen molar-refractivity contribution in [3.63, 3.8) is 0 Å². The molecule has 0 radical (unpaired) electrons. The van der Waals surface area contributed by atoms with Crippen LogP contribution in [-0.2, 0) is 11.2 Å². The van der Waals surface area contributed by atoms with E-state index in [1.54, 1.807) is 18.0 Å². The molecule has 0 bridgehead atoms. The molecule has 1 amide bonds. The van der Waals surface area contributed by atoms with Crippen LogP contribution in [-0.4, -0.2) is 24.4 Å². The molecule has 0 saturated heterocycles. The van der Waals surface area contributed by atoms with Crippen LogP contribution in [0.15, 0.2) is 36.9 Å². The SMILES string of the molecule is C=CCN(C)C(=O)CCc1ccccc1N. The van der Waals surface area contributed by atoms with Gasteiger partial charge in [-0.15, -0.1) is 6.58 Å². The number of nitrogen functional groups attached to an aromatic ring is 1. The molecule has 0 aliphatic rings. The molecule has 0 spiro atoms. The highest BCUT2D eigenvalue weighted by Gasteiger charge is 2.07. The first-order chi connectivity index (χ1) is 7.65. The number of anilines is 1. The van der Waals surface area contributed by atoms with E-state index in [0.717, 1.165) is 11.3 Å². The zero-order chi connectivity index (χ0) is 12.0. The van der Waals surface area contributed by atoms with E-state index >= 15 is 0 Å². The number of nitrogens with two attached hydrogens (primary N) is 1. The summed E-state index contributed by atoms with van der Waals surface area (Å²) in [7, 11) is 1.78.